The van der Waals surface area contributed by atoms with Crippen LogP contribution >= 0.6 is 11.3 Å². The van der Waals surface area contributed by atoms with E-state index in [4.69, 9.17) is 0 Å². The van der Waals surface area contributed by atoms with Crippen LogP contribution in [0.4, 0.5) is 0 Å². The third kappa shape index (κ3) is 4.99. The lowest BCUT2D eigenvalue weighted by Gasteiger charge is -2.21. The molecule has 0 amide bonds. The van der Waals surface area contributed by atoms with Crippen molar-refractivity contribution in [1.82, 2.24) is 4.90 Å². The van der Waals surface area contributed by atoms with Crippen LogP contribution in [0.25, 0.3) is 0 Å². The summed E-state index contributed by atoms with van der Waals surface area (Å²) in [6, 6.07) is 11.9. The fourth-order valence-corrected chi connectivity index (χ4v) is 3.07. The lowest BCUT2D eigenvalue weighted by Crippen LogP contribution is -2.29. The van der Waals surface area contributed by atoms with Gasteiger partial charge in [0.1, 0.15) is 5.75 Å². The van der Waals surface area contributed by atoms with E-state index in [1.165, 1.54) is 16.9 Å². The smallest absolute Gasteiger partial charge is 0.115 e. The molecule has 1 heterocycles. The van der Waals surface area contributed by atoms with Crippen LogP contribution in [0.15, 0.2) is 41.8 Å². The highest BCUT2D eigenvalue weighted by atomic mass is 32.1. The first kappa shape index (κ1) is 15.1. The van der Waals surface area contributed by atoms with Crippen LogP contribution in [0.1, 0.15) is 23.8 Å². The predicted octanol–water partition coefficient (Wildman–Crippen LogP) is 3.95. The third-order valence-corrected chi connectivity index (χ3v) is 4.36. The third-order valence-electron chi connectivity index (χ3n) is 3.42. The van der Waals surface area contributed by atoms with Gasteiger partial charge < -0.3 is 10.0 Å². The Balaban J connectivity index is 1.82. The standard InChI is InChI=1S/C17H23NOS/c1-2-10-18(12-9-17-7-4-13-20-17)11-8-15-5-3-6-16(19)14-15/h3-7,13-14,19H,2,8-12H2,1H3. The molecule has 20 heavy (non-hydrogen) atoms. The molecular weight excluding hydrogens is 266 g/mol. The van der Waals surface area contributed by atoms with Gasteiger partial charge in [0.25, 0.3) is 0 Å². The zero-order chi connectivity index (χ0) is 14.2. The van der Waals surface area contributed by atoms with E-state index in [-0.39, 0.29) is 0 Å². The summed E-state index contributed by atoms with van der Waals surface area (Å²) in [6.45, 7) is 5.55. The number of hydrogen-bond acceptors (Lipinski definition) is 3. The molecule has 0 fully saturated rings. The van der Waals surface area contributed by atoms with Gasteiger partial charge in [-0.3, -0.25) is 0 Å². The Labute approximate surface area is 125 Å². The second kappa shape index (κ2) is 8.08. The predicted molar refractivity (Wildman–Crippen MR) is 86.6 cm³/mol. The fourth-order valence-electron chi connectivity index (χ4n) is 2.37. The summed E-state index contributed by atoms with van der Waals surface area (Å²) in [5, 5.41) is 11.6. The van der Waals surface area contributed by atoms with Gasteiger partial charge in [0.2, 0.25) is 0 Å². The van der Waals surface area contributed by atoms with Gasteiger partial charge >= 0.3 is 0 Å². The number of nitrogens with zero attached hydrogens (tertiary/aromatic N) is 1. The molecule has 0 saturated heterocycles. The molecule has 2 rings (SSSR count). The van der Waals surface area contributed by atoms with E-state index >= 15 is 0 Å². The van der Waals surface area contributed by atoms with Gasteiger partial charge in [-0.1, -0.05) is 25.1 Å². The van der Waals surface area contributed by atoms with E-state index in [1.54, 1.807) is 6.07 Å². The van der Waals surface area contributed by atoms with Crippen LogP contribution in [0, 0.1) is 0 Å². The lowest BCUT2D eigenvalue weighted by atomic mass is 10.1. The van der Waals surface area contributed by atoms with Crippen molar-refractivity contribution in [2.24, 2.45) is 0 Å². The molecule has 2 nitrogen and oxygen atoms in total. The van der Waals surface area contributed by atoms with Gasteiger partial charge in [0, 0.05) is 18.0 Å². The summed E-state index contributed by atoms with van der Waals surface area (Å²) in [6.07, 6.45) is 3.32. The summed E-state index contributed by atoms with van der Waals surface area (Å²) < 4.78 is 0. The maximum Gasteiger partial charge on any atom is 0.115 e. The van der Waals surface area contributed by atoms with Crippen molar-refractivity contribution < 1.29 is 5.11 Å². The van der Waals surface area contributed by atoms with Crippen molar-refractivity contribution >= 4 is 11.3 Å². The minimum atomic E-state index is 0.364. The first-order valence-corrected chi connectivity index (χ1v) is 8.18. The van der Waals surface area contributed by atoms with Crippen LogP contribution in [0.3, 0.4) is 0 Å². The molecule has 3 heteroatoms. The molecule has 0 atom stereocenters. The molecule has 2 aromatic rings. The molecule has 0 aliphatic heterocycles. The molecule has 1 N–H and O–H groups in total. The van der Waals surface area contributed by atoms with E-state index in [9.17, 15) is 5.11 Å². The second-order valence-corrected chi connectivity index (χ2v) is 6.12. The van der Waals surface area contributed by atoms with Crippen LogP contribution in [-0.4, -0.2) is 29.6 Å². The Morgan fingerprint density at radius 1 is 1.05 bits per heavy atom. The van der Waals surface area contributed by atoms with Crippen molar-refractivity contribution in [3.8, 4) is 5.75 Å². The minimum absolute atomic E-state index is 0.364. The van der Waals surface area contributed by atoms with Crippen LogP contribution in [0.5, 0.6) is 5.75 Å². The number of aromatic hydroxyl groups is 1. The van der Waals surface area contributed by atoms with Gasteiger partial charge in [-0.15, -0.1) is 11.3 Å². The molecule has 0 spiro atoms. The molecule has 108 valence electrons. The van der Waals surface area contributed by atoms with Crippen molar-refractivity contribution in [2.45, 2.75) is 26.2 Å². The molecule has 0 saturated carbocycles. The second-order valence-electron chi connectivity index (χ2n) is 5.09. The molecule has 1 aromatic carbocycles. The van der Waals surface area contributed by atoms with Gasteiger partial charge in [-0.05, 0) is 54.9 Å². The van der Waals surface area contributed by atoms with Gasteiger partial charge in [-0.25, -0.2) is 0 Å². The lowest BCUT2D eigenvalue weighted by molar-refractivity contribution is 0.281. The molecule has 0 bridgehead atoms. The Bertz CT molecular complexity index is 495. The Morgan fingerprint density at radius 3 is 2.60 bits per heavy atom. The van der Waals surface area contributed by atoms with Crippen molar-refractivity contribution in [3.05, 3.63) is 52.2 Å². The van der Waals surface area contributed by atoms with Gasteiger partial charge in [0.05, 0.1) is 0 Å². The molecule has 1 aromatic heterocycles. The normalized spacial score (nSPS) is 11.1. The summed E-state index contributed by atoms with van der Waals surface area (Å²) in [5.41, 5.74) is 1.21. The average Bonchev–Trinajstić information content (AvgIpc) is 2.95. The topological polar surface area (TPSA) is 23.5 Å². The zero-order valence-electron chi connectivity index (χ0n) is 12.1. The summed E-state index contributed by atoms with van der Waals surface area (Å²) in [4.78, 5) is 3.98. The van der Waals surface area contributed by atoms with E-state index in [1.807, 2.05) is 23.5 Å². The molecule has 0 unspecified atom stereocenters. The average molecular weight is 289 g/mol. The van der Waals surface area contributed by atoms with E-state index in [0.29, 0.717) is 5.75 Å². The van der Waals surface area contributed by atoms with Gasteiger partial charge in [0.15, 0.2) is 0 Å². The number of thiophene rings is 1. The van der Waals surface area contributed by atoms with Crippen molar-refractivity contribution in [3.63, 3.8) is 0 Å². The van der Waals surface area contributed by atoms with E-state index in [2.05, 4.69) is 35.4 Å². The quantitative estimate of drug-likeness (QED) is 0.795. The minimum Gasteiger partial charge on any atom is -0.508 e. The van der Waals surface area contributed by atoms with Gasteiger partial charge in [-0.2, -0.15) is 0 Å². The zero-order valence-corrected chi connectivity index (χ0v) is 12.9. The maximum atomic E-state index is 9.50. The first-order valence-electron chi connectivity index (χ1n) is 7.30. The first-order chi connectivity index (χ1) is 9.78. The van der Waals surface area contributed by atoms with E-state index < -0.39 is 0 Å². The number of benzene rings is 1. The molecule has 0 radical (unpaired) electrons. The van der Waals surface area contributed by atoms with Crippen molar-refractivity contribution in [2.75, 3.05) is 19.6 Å². The number of phenols is 1. The van der Waals surface area contributed by atoms with Crippen molar-refractivity contribution in [1.29, 1.82) is 0 Å². The number of hydrogen-bond donors (Lipinski definition) is 1. The summed E-state index contributed by atoms with van der Waals surface area (Å²) in [5.74, 6) is 0.364. The van der Waals surface area contributed by atoms with E-state index in [0.717, 1.165) is 32.5 Å². The van der Waals surface area contributed by atoms with Crippen LogP contribution in [-0.2, 0) is 12.8 Å². The van der Waals surface area contributed by atoms with Crippen LogP contribution in [0.2, 0.25) is 0 Å². The highest BCUT2D eigenvalue weighted by Gasteiger charge is 2.05. The summed E-state index contributed by atoms with van der Waals surface area (Å²) >= 11 is 1.84. The number of rotatable bonds is 8. The maximum absolute atomic E-state index is 9.50. The largest absolute Gasteiger partial charge is 0.508 e. The monoisotopic (exact) mass is 289 g/mol. The Kier molecular flexibility index (Phi) is 6.09. The Morgan fingerprint density at radius 2 is 1.90 bits per heavy atom. The molecule has 0 aliphatic carbocycles. The molecular formula is C17H23NOS. The highest BCUT2D eigenvalue weighted by Crippen LogP contribution is 2.13. The number of phenolic OH excluding ortho intramolecular Hbond substituents is 1. The molecule has 0 aliphatic rings. The fraction of sp³-hybridized carbons (Fsp3) is 0.412. The SMILES string of the molecule is CCCN(CCc1cccc(O)c1)CCc1cccs1. The van der Waals surface area contributed by atoms with Crippen LogP contribution < -0.4 is 0 Å². The Hall–Kier alpha value is -1.32. The summed E-state index contributed by atoms with van der Waals surface area (Å²) in [7, 11) is 0. The highest BCUT2D eigenvalue weighted by molar-refractivity contribution is 7.09.